The van der Waals surface area contributed by atoms with Crippen molar-refractivity contribution in [3.63, 3.8) is 0 Å². The molecule has 0 radical (unpaired) electrons. The van der Waals surface area contributed by atoms with Gasteiger partial charge < -0.3 is 10.1 Å². The number of amides is 1. The van der Waals surface area contributed by atoms with Gasteiger partial charge in [0, 0.05) is 5.92 Å². The third-order valence-electron chi connectivity index (χ3n) is 3.40. The van der Waals surface area contributed by atoms with Crippen LogP contribution in [-0.4, -0.2) is 5.91 Å². The smallest absolute Gasteiger partial charge is 0.647 e. The molecular formula is C13H16NORb. The maximum Gasteiger partial charge on any atom is 1.00 e. The van der Waals surface area contributed by atoms with E-state index >= 15 is 0 Å². The first-order valence-corrected chi connectivity index (χ1v) is 5.44. The third kappa shape index (κ3) is 2.66. The molecule has 3 unspecified atom stereocenters. The average Bonchev–Trinajstić information content (AvgIpc) is 2.33. The third-order valence-corrected chi connectivity index (χ3v) is 3.40. The molecule has 0 fully saturated rings. The van der Waals surface area contributed by atoms with E-state index in [4.69, 9.17) is 0 Å². The van der Waals surface area contributed by atoms with E-state index in [9.17, 15) is 4.79 Å². The maximum atomic E-state index is 11.7. The van der Waals surface area contributed by atoms with Crippen molar-refractivity contribution in [2.45, 2.75) is 32.7 Å². The Kier molecular flexibility index (Phi) is 5.37. The van der Waals surface area contributed by atoms with Gasteiger partial charge in [0.05, 0.1) is 5.91 Å². The van der Waals surface area contributed by atoms with E-state index < -0.39 is 0 Å². The zero-order chi connectivity index (χ0) is 11.0. The summed E-state index contributed by atoms with van der Waals surface area (Å²) in [5.41, 5.74) is 2.47. The van der Waals surface area contributed by atoms with E-state index in [1.165, 1.54) is 11.1 Å². The van der Waals surface area contributed by atoms with Gasteiger partial charge in [-0.3, -0.25) is 0 Å². The van der Waals surface area contributed by atoms with Crippen molar-refractivity contribution < 1.29 is 63.0 Å². The van der Waals surface area contributed by atoms with Crippen LogP contribution < -0.4 is 58.2 Å². The second kappa shape index (κ2) is 5.90. The summed E-state index contributed by atoms with van der Waals surface area (Å²) < 4.78 is 0. The van der Waals surface area contributed by atoms with Crippen molar-refractivity contribution >= 4 is 5.91 Å². The van der Waals surface area contributed by atoms with E-state index in [1.807, 2.05) is 26.0 Å². The Bertz CT molecular complexity index is 391. The Hall–Kier alpha value is 0.495. The fourth-order valence-corrected chi connectivity index (χ4v) is 2.17. The van der Waals surface area contributed by atoms with Crippen LogP contribution in [0.3, 0.4) is 0 Å². The Morgan fingerprint density at radius 2 is 1.56 bits per heavy atom. The van der Waals surface area contributed by atoms with Gasteiger partial charge in [-0.25, -0.2) is 0 Å². The summed E-state index contributed by atoms with van der Waals surface area (Å²) in [6.07, 6.45) is 0. The molecule has 3 heteroatoms. The van der Waals surface area contributed by atoms with Crippen LogP contribution >= 0.6 is 0 Å². The summed E-state index contributed by atoms with van der Waals surface area (Å²) in [6, 6.07) is 8.23. The molecule has 1 aliphatic rings. The van der Waals surface area contributed by atoms with Crippen molar-refractivity contribution in [2.75, 3.05) is 0 Å². The molecule has 1 heterocycles. The van der Waals surface area contributed by atoms with Crippen LogP contribution in [0.4, 0.5) is 0 Å². The first-order valence-electron chi connectivity index (χ1n) is 5.44. The molecule has 0 spiro atoms. The summed E-state index contributed by atoms with van der Waals surface area (Å²) in [6.45, 7) is 6.06. The number of carbonyl (C=O) groups is 1. The fourth-order valence-electron chi connectivity index (χ4n) is 2.17. The van der Waals surface area contributed by atoms with Gasteiger partial charge in [-0.2, -0.15) is 0 Å². The number of carbonyl (C=O) groups excluding carboxylic acids is 1. The molecule has 0 saturated carbocycles. The minimum Gasteiger partial charge on any atom is -0.647 e. The molecule has 0 bridgehead atoms. The standard InChI is InChI=1S/C13H17NO.Rb/c1-8-9(2)13(15)14-10(3)12-7-5-4-6-11(8)12;/h4-10H,1-3H3,(H,14,15);/q;+1/p-1. The maximum absolute atomic E-state index is 11.7. The Balaban J connectivity index is 0.00000128. The molecule has 3 atom stereocenters. The van der Waals surface area contributed by atoms with E-state index in [-0.39, 0.29) is 82.0 Å². The first-order chi connectivity index (χ1) is 7.11. The second-order valence-corrected chi connectivity index (χ2v) is 4.35. The largest absolute Gasteiger partial charge is 1.00 e. The number of benzene rings is 1. The van der Waals surface area contributed by atoms with Crippen molar-refractivity contribution in [3.8, 4) is 0 Å². The van der Waals surface area contributed by atoms with Crippen molar-refractivity contribution in [2.24, 2.45) is 5.92 Å². The van der Waals surface area contributed by atoms with Crippen molar-refractivity contribution in [1.29, 1.82) is 0 Å². The van der Waals surface area contributed by atoms with Crippen LogP contribution in [0.5, 0.6) is 0 Å². The van der Waals surface area contributed by atoms with Crippen LogP contribution in [0, 0.1) is 5.92 Å². The van der Waals surface area contributed by atoms with Crippen LogP contribution in [0.25, 0.3) is 5.32 Å². The molecule has 0 aromatic heterocycles. The van der Waals surface area contributed by atoms with Gasteiger partial charge >= 0.3 is 58.2 Å². The summed E-state index contributed by atoms with van der Waals surface area (Å²) in [5.74, 6) is 0.296. The summed E-state index contributed by atoms with van der Waals surface area (Å²) in [4.78, 5) is 11.7. The summed E-state index contributed by atoms with van der Waals surface area (Å²) in [5, 5.41) is 4.21. The number of hydrogen-bond acceptors (Lipinski definition) is 1. The zero-order valence-electron chi connectivity index (χ0n) is 10.4. The molecular weight excluding hydrogens is 272 g/mol. The molecule has 2 rings (SSSR count). The molecule has 0 saturated heterocycles. The molecule has 1 aromatic carbocycles. The van der Waals surface area contributed by atoms with Gasteiger partial charge in [0.25, 0.3) is 0 Å². The Labute approximate surface area is 146 Å². The SMILES string of the molecule is CC1[N-]C(=O)C(C)C(C)c2ccccc21.[Rb+]. The molecule has 0 N–H and O–H groups in total. The predicted octanol–water partition coefficient (Wildman–Crippen LogP) is 0.405. The van der Waals surface area contributed by atoms with Gasteiger partial charge in [-0.05, 0) is 11.5 Å². The predicted molar refractivity (Wildman–Crippen MR) is 60.8 cm³/mol. The van der Waals surface area contributed by atoms with E-state index in [2.05, 4.69) is 24.4 Å². The normalized spacial score (nSPS) is 28.4. The molecule has 1 amide bonds. The number of fused-ring (bicyclic) bond motifs is 1. The molecule has 1 aromatic rings. The van der Waals surface area contributed by atoms with Gasteiger partial charge in [0.15, 0.2) is 0 Å². The monoisotopic (exact) mass is 287 g/mol. The van der Waals surface area contributed by atoms with Crippen LogP contribution in [-0.2, 0) is 4.79 Å². The van der Waals surface area contributed by atoms with Gasteiger partial charge in [-0.15, -0.1) is 0 Å². The van der Waals surface area contributed by atoms with Crippen LogP contribution in [0.15, 0.2) is 24.3 Å². The number of nitrogens with zero attached hydrogens (tertiary/aromatic N) is 1. The Morgan fingerprint density at radius 1 is 1.00 bits per heavy atom. The Morgan fingerprint density at radius 3 is 2.19 bits per heavy atom. The second-order valence-electron chi connectivity index (χ2n) is 4.35. The van der Waals surface area contributed by atoms with Crippen molar-refractivity contribution in [3.05, 3.63) is 40.7 Å². The van der Waals surface area contributed by atoms with Gasteiger partial charge in [0.1, 0.15) is 0 Å². The van der Waals surface area contributed by atoms with Gasteiger partial charge in [0.2, 0.25) is 0 Å². The molecule has 0 aliphatic carbocycles. The summed E-state index contributed by atoms with van der Waals surface area (Å²) >= 11 is 0. The van der Waals surface area contributed by atoms with E-state index in [0.717, 1.165) is 0 Å². The minimum atomic E-state index is -0.00361. The first kappa shape index (κ1) is 14.6. The minimum absolute atomic E-state index is 0. The molecule has 2 nitrogen and oxygen atoms in total. The van der Waals surface area contributed by atoms with Gasteiger partial charge in [-0.1, -0.05) is 56.6 Å². The van der Waals surface area contributed by atoms with Crippen LogP contribution in [0.1, 0.15) is 43.9 Å². The quantitative estimate of drug-likeness (QED) is 0.680. The number of rotatable bonds is 0. The fraction of sp³-hybridized carbons (Fsp3) is 0.462. The topological polar surface area (TPSA) is 31.2 Å². The zero-order valence-corrected chi connectivity index (χ0v) is 15.3. The summed E-state index contributed by atoms with van der Waals surface area (Å²) in [7, 11) is 0. The number of hydrogen-bond donors (Lipinski definition) is 0. The average molecular weight is 288 g/mol. The van der Waals surface area contributed by atoms with Crippen molar-refractivity contribution in [1.82, 2.24) is 0 Å². The molecule has 1 aliphatic heterocycles. The molecule has 80 valence electrons. The van der Waals surface area contributed by atoms with Crippen LogP contribution in [0.2, 0.25) is 0 Å². The molecule has 16 heavy (non-hydrogen) atoms. The van der Waals surface area contributed by atoms with E-state index in [1.54, 1.807) is 0 Å². The van der Waals surface area contributed by atoms with E-state index in [0.29, 0.717) is 0 Å².